The average Bonchev–Trinajstić information content (AvgIpc) is 2.62. The van der Waals surface area contributed by atoms with Crippen LogP contribution in [0.1, 0.15) is 81.6 Å². The molecule has 5 N–H and O–H groups in total. The van der Waals surface area contributed by atoms with Crippen LogP contribution in [0, 0.1) is 5.92 Å². The van der Waals surface area contributed by atoms with E-state index in [0.717, 1.165) is 0 Å². The van der Waals surface area contributed by atoms with Crippen LogP contribution in [0.5, 0.6) is 0 Å². The first-order valence-corrected chi connectivity index (χ1v) is 11.5. The molecule has 0 bridgehead atoms. The molecule has 10 heteroatoms. The Kier molecular flexibility index (Phi) is 12.4. The molecule has 0 aromatic rings. The van der Waals surface area contributed by atoms with Crippen molar-refractivity contribution in [3.8, 4) is 0 Å². The second kappa shape index (κ2) is 13.4. The van der Waals surface area contributed by atoms with Crippen LogP contribution in [0.25, 0.3) is 0 Å². The molecule has 3 atom stereocenters. The molecule has 0 rings (SSSR count). The number of nitrogens with one attached hydrogen (secondary N) is 3. The molecule has 0 aromatic carbocycles. The van der Waals surface area contributed by atoms with Crippen LogP contribution >= 0.6 is 0 Å². The van der Waals surface area contributed by atoms with E-state index < -0.39 is 53.2 Å². The Morgan fingerprint density at radius 1 is 0.818 bits per heavy atom. The first-order chi connectivity index (χ1) is 14.9. The molecule has 0 saturated heterocycles. The molecule has 0 aromatic heterocycles. The van der Waals surface area contributed by atoms with Crippen LogP contribution in [0.4, 0.5) is 4.79 Å². The fraction of sp³-hybridized carbons (Fsp3) is 0.826. The quantitative estimate of drug-likeness (QED) is 0.265. The summed E-state index contributed by atoms with van der Waals surface area (Å²) in [5.74, 6) is -1.59. The van der Waals surface area contributed by atoms with Crippen molar-refractivity contribution in [1.82, 2.24) is 16.0 Å². The standard InChI is InChI=1S/C23H44N4O6/c1-14(2)17(24)19(29)26-15(3)18(28)27-16(20(30)32-22(4,5)6)12-10-11-13-25-21(31)33-23(7,8)9/h14-17H,10-13,24H2,1-9H3,(H,25,31)(H,26,29)(H,27,28)/t15-,16-,17-/m0/s1. The van der Waals surface area contributed by atoms with Gasteiger partial charge in [-0.25, -0.2) is 9.59 Å². The van der Waals surface area contributed by atoms with Crippen LogP contribution < -0.4 is 21.7 Å². The molecule has 10 nitrogen and oxygen atoms in total. The van der Waals surface area contributed by atoms with Crippen molar-refractivity contribution in [3.05, 3.63) is 0 Å². The zero-order valence-corrected chi connectivity index (χ0v) is 21.7. The van der Waals surface area contributed by atoms with E-state index in [9.17, 15) is 19.2 Å². The summed E-state index contributed by atoms with van der Waals surface area (Å²) in [4.78, 5) is 49.1. The lowest BCUT2D eigenvalue weighted by molar-refractivity contribution is -0.159. The molecule has 0 aliphatic heterocycles. The predicted octanol–water partition coefficient (Wildman–Crippen LogP) is 2.00. The summed E-state index contributed by atoms with van der Waals surface area (Å²) in [5, 5.41) is 7.89. The summed E-state index contributed by atoms with van der Waals surface area (Å²) in [6.45, 7) is 16.1. The van der Waals surface area contributed by atoms with E-state index in [4.69, 9.17) is 15.2 Å². The molecular weight excluding hydrogens is 428 g/mol. The molecule has 0 saturated carbocycles. The summed E-state index contributed by atoms with van der Waals surface area (Å²) < 4.78 is 10.6. The maximum atomic E-state index is 12.6. The minimum absolute atomic E-state index is 0.0796. The summed E-state index contributed by atoms with van der Waals surface area (Å²) in [6, 6.07) is -2.50. The minimum atomic E-state index is -0.892. The first kappa shape index (κ1) is 30.6. The summed E-state index contributed by atoms with van der Waals surface area (Å²) in [5.41, 5.74) is 4.52. The monoisotopic (exact) mass is 472 g/mol. The third-order valence-electron chi connectivity index (χ3n) is 4.37. The van der Waals surface area contributed by atoms with Crippen molar-refractivity contribution in [2.24, 2.45) is 11.7 Å². The highest BCUT2D eigenvalue weighted by Crippen LogP contribution is 2.12. The van der Waals surface area contributed by atoms with Gasteiger partial charge in [-0.05, 0) is 73.6 Å². The van der Waals surface area contributed by atoms with Gasteiger partial charge in [0.2, 0.25) is 11.8 Å². The van der Waals surface area contributed by atoms with E-state index in [1.807, 2.05) is 13.8 Å². The molecule has 0 unspecified atom stereocenters. The molecule has 0 fully saturated rings. The largest absolute Gasteiger partial charge is 0.458 e. The summed E-state index contributed by atoms with van der Waals surface area (Å²) in [7, 11) is 0. The van der Waals surface area contributed by atoms with Crippen molar-refractivity contribution in [2.75, 3.05) is 6.54 Å². The number of esters is 1. The van der Waals surface area contributed by atoms with Gasteiger partial charge in [-0.3, -0.25) is 9.59 Å². The summed E-state index contributed by atoms with van der Waals surface area (Å²) in [6.07, 6.45) is 0.912. The molecule has 0 spiro atoms. The molecule has 0 heterocycles. The van der Waals surface area contributed by atoms with Gasteiger partial charge < -0.3 is 31.2 Å². The van der Waals surface area contributed by atoms with E-state index in [1.54, 1.807) is 41.5 Å². The van der Waals surface area contributed by atoms with E-state index in [1.165, 1.54) is 6.92 Å². The highest BCUT2D eigenvalue weighted by atomic mass is 16.6. The van der Waals surface area contributed by atoms with Gasteiger partial charge in [0.25, 0.3) is 0 Å². The second-order valence-electron chi connectivity index (χ2n) is 10.5. The SMILES string of the molecule is CC(C)[C@H](N)C(=O)N[C@@H](C)C(=O)N[C@@H](CCCCNC(=O)OC(C)(C)C)C(=O)OC(C)(C)C. The smallest absolute Gasteiger partial charge is 0.407 e. The number of nitrogens with two attached hydrogens (primary N) is 1. The first-order valence-electron chi connectivity index (χ1n) is 11.5. The van der Waals surface area contributed by atoms with Crippen LogP contribution in [-0.2, 0) is 23.9 Å². The Labute approximate surface area is 198 Å². The number of unbranched alkanes of at least 4 members (excludes halogenated alkanes) is 1. The van der Waals surface area contributed by atoms with Gasteiger partial charge >= 0.3 is 12.1 Å². The number of rotatable bonds is 11. The van der Waals surface area contributed by atoms with Crippen molar-refractivity contribution in [3.63, 3.8) is 0 Å². The van der Waals surface area contributed by atoms with E-state index >= 15 is 0 Å². The molecule has 0 radical (unpaired) electrons. The number of hydrogen-bond donors (Lipinski definition) is 4. The Bertz CT molecular complexity index is 667. The van der Waals surface area contributed by atoms with Gasteiger partial charge in [0.05, 0.1) is 6.04 Å². The number of ether oxygens (including phenoxy) is 2. The third-order valence-corrected chi connectivity index (χ3v) is 4.37. The van der Waals surface area contributed by atoms with Gasteiger partial charge in [0, 0.05) is 6.54 Å². The van der Waals surface area contributed by atoms with Crippen molar-refractivity contribution in [1.29, 1.82) is 0 Å². The van der Waals surface area contributed by atoms with Crippen LogP contribution in [0.2, 0.25) is 0 Å². The lowest BCUT2D eigenvalue weighted by atomic mass is 10.0. The fourth-order valence-corrected chi connectivity index (χ4v) is 2.57. The minimum Gasteiger partial charge on any atom is -0.458 e. The molecule has 3 amide bonds. The predicted molar refractivity (Wildman–Crippen MR) is 126 cm³/mol. The number of hydrogen-bond acceptors (Lipinski definition) is 7. The van der Waals surface area contributed by atoms with E-state index in [-0.39, 0.29) is 5.92 Å². The lowest BCUT2D eigenvalue weighted by Crippen LogP contribution is -2.54. The van der Waals surface area contributed by atoms with Gasteiger partial charge in [-0.1, -0.05) is 13.8 Å². The Hall–Kier alpha value is -2.36. The fourth-order valence-electron chi connectivity index (χ4n) is 2.57. The summed E-state index contributed by atoms with van der Waals surface area (Å²) >= 11 is 0. The maximum absolute atomic E-state index is 12.6. The third kappa shape index (κ3) is 14.4. The van der Waals surface area contributed by atoms with Gasteiger partial charge in [-0.2, -0.15) is 0 Å². The van der Waals surface area contributed by atoms with Crippen LogP contribution in [-0.4, -0.2) is 59.7 Å². The van der Waals surface area contributed by atoms with E-state index in [0.29, 0.717) is 25.8 Å². The van der Waals surface area contributed by atoms with Gasteiger partial charge in [0.1, 0.15) is 23.3 Å². The zero-order valence-electron chi connectivity index (χ0n) is 21.7. The van der Waals surface area contributed by atoms with E-state index in [2.05, 4.69) is 16.0 Å². The molecule has 0 aliphatic carbocycles. The van der Waals surface area contributed by atoms with Gasteiger partial charge in [-0.15, -0.1) is 0 Å². The average molecular weight is 473 g/mol. The topological polar surface area (TPSA) is 149 Å². The molecular formula is C23H44N4O6. The van der Waals surface area contributed by atoms with Crippen molar-refractivity contribution >= 4 is 23.9 Å². The molecule has 0 aliphatic rings. The zero-order chi connectivity index (χ0) is 26.0. The normalized spacial score (nSPS) is 14.6. The number of carbonyl (C=O) groups is 4. The van der Waals surface area contributed by atoms with Gasteiger partial charge in [0.15, 0.2) is 0 Å². The molecule has 192 valence electrons. The van der Waals surface area contributed by atoms with Crippen molar-refractivity contribution in [2.45, 2.75) is 111 Å². The Morgan fingerprint density at radius 2 is 1.36 bits per heavy atom. The second-order valence-corrected chi connectivity index (χ2v) is 10.5. The lowest BCUT2D eigenvalue weighted by Gasteiger charge is -2.26. The number of alkyl carbamates (subject to hydrolysis) is 1. The highest BCUT2D eigenvalue weighted by molar-refractivity contribution is 5.91. The molecule has 33 heavy (non-hydrogen) atoms. The highest BCUT2D eigenvalue weighted by Gasteiger charge is 2.29. The number of carbonyl (C=O) groups excluding carboxylic acids is 4. The van der Waals surface area contributed by atoms with Crippen LogP contribution in [0.15, 0.2) is 0 Å². The maximum Gasteiger partial charge on any atom is 0.407 e. The number of amides is 3. The van der Waals surface area contributed by atoms with Crippen molar-refractivity contribution < 1.29 is 28.7 Å². The van der Waals surface area contributed by atoms with Crippen LogP contribution in [0.3, 0.4) is 0 Å². The Balaban J connectivity index is 4.87. The Morgan fingerprint density at radius 3 is 1.85 bits per heavy atom.